The van der Waals surface area contributed by atoms with E-state index in [1.54, 1.807) is 0 Å². The van der Waals surface area contributed by atoms with Crippen LogP contribution in [0.1, 0.15) is 12.2 Å². The minimum atomic E-state index is 0.101. The molecule has 0 aromatic carbocycles. The molecule has 0 bridgehead atoms. The standard InChI is InChI=1S/C14H19N5OS/c20-14(9-11-10-21-8-6-15-11)16-5-4-13-18-17-12-3-1-2-7-19(12)13/h1-3,7,11,15H,4-6,8-10H2,(H,16,20). The third-order valence-corrected chi connectivity index (χ3v) is 4.62. The summed E-state index contributed by atoms with van der Waals surface area (Å²) < 4.78 is 1.95. The number of fused-ring (bicyclic) bond motifs is 1. The second kappa shape index (κ2) is 6.91. The highest BCUT2D eigenvalue weighted by Crippen LogP contribution is 2.10. The van der Waals surface area contributed by atoms with Crippen molar-refractivity contribution >= 4 is 23.3 Å². The summed E-state index contributed by atoms with van der Waals surface area (Å²) in [5.74, 6) is 3.13. The maximum atomic E-state index is 11.9. The number of nitrogens with one attached hydrogen (secondary N) is 2. The van der Waals surface area contributed by atoms with Crippen LogP contribution in [0.4, 0.5) is 0 Å². The third kappa shape index (κ3) is 3.74. The molecule has 1 saturated heterocycles. The first-order valence-corrected chi connectivity index (χ1v) is 8.35. The molecule has 1 aliphatic heterocycles. The number of nitrogens with zero attached hydrogens (tertiary/aromatic N) is 3. The molecule has 1 aliphatic rings. The quantitative estimate of drug-likeness (QED) is 0.841. The van der Waals surface area contributed by atoms with E-state index in [1.165, 1.54) is 0 Å². The minimum absolute atomic E-state index is 0.101. The average molecular weight is 305 g/mol. The molecule has 1 unspecified atom stereocenters. The maximum Gasteiger partial charge on any atom is 0.221 e. The van der Waals surface area contributed by atoms with Crippen molar-refractivity contribution in [1.29, 1.82) is 0 Å². The number of carbonyl (C=O) groups is 1. The van der Waals surface area contributed by atoms with Crippen molar-refractivity contribution in [3.63, 3.8) is 0 Å². The fourth-order valence-corrected chi connectivity index (χ4v) is 3.37. The highest BCUT2D eigenvalue weighted by atomic mass is 32.2. The van der Waals surface area contributed by atoms with Crippen LogP contribution in [-0.4, -0.2) is 51.1 Å². The Balaban J connectivity index is 1.46. The van der Waals surface area contributed by atoms with Crippen molar-refractivity contribution in [2.45, 2.75) is 18.9 Å². The van der Waals surface area contributed by atoms with Crippen LogP contribution < -0.4 is 10.6 Å². The first kappa shape index (κ1) is 14.3. The molecule has 1 atom stereocenters. The Morgan fingerprint density at radius 3 is 3.29 bits per heavy atom. The van der Waals surface area contributed by atoms with Gasteiger partial charge in [-0.15, -0.1) is 10.2 Å². The van der Waals surface area contributed by atoms with Crippen LogP contribution in [0.5, 0.6) is 0 Å². The van der Waals surface area contributed by atoms with Crippen molar-refractivity contribution in [3.05, 3.63) is 30.2 Å². The fourth-order valence-electron chi connectivity index (χ4n) is 2.42. The SMILES string of the molecule is O=C(CC1CSCCN1)NCCc1nnc2ccccn12. The van der Waals surface area contributed by atoms with Gasteiger partial charge >= 0.3 is 0 Å². The Morgan fingerprint density at radius 2 is 2.43 bits per heavy atom. The van der Waals surface area contributed by atoms with E-state index in [9.17, 15) is 4.79 Å². The van der Waals surface area contributed by atoms with E-state index in [2.05, 4.69) is 20.8 Å². The van der Waals surface area contributed by atoms with Gasteiger partial charge in [-0.3, -0.25) is 9.20 Å². The second-order valence-corrected chi connectivity index (χ2v) is 6.22. The van der Waals surface area contributed by atoms with Crippen molar-refractivity contribution in [3.8, 4) is 0 Å². The summed E-state index contributed by atoms with van der Waals surface area (Å²) in [6.45, 7) is 1.59. The molecule has 0 radical (unpaired) electrons. The Morgan fingerprint density at radius 1 is 1.48 bits per heavy atom. The molecule has 1 amide bonds. The Labute approximate surface area is 127 Å². The second-order valence-electron chi connectivity index (χ2n) is 5.08. The first-order valence-electron chi connectivity index (χ1n) is 7.19. The maximum absolute atomic E-state index is 11.9. The van der Waals surface area contributed by atoms with Gasteiger partial charge in [0, 0.05) is 49.7 Å². The van der Waals surface area contributed by atoms with Gasteiger partial charge in [0.05, 0.1) is 0 Å². The number of aromatic nitrogens is 3. The zero-order valence-electron chi connectivity index (χ0n) is 11.8. The molecule has 0 aliphatic carbocycles. The van der Waals surface area contributed by atoms with E-state index in [0.717, 1.165) is 29.5 Å². The Hall–Kier alpha value is -1.60. The van der Waals surface area contributed by atoms with Gasteiger partial charge in [0.1, 0.15) is 5.82 Å². The summed E-state index contributed by atoms with van der Waals surface area (Å²) in [4.78, 5) is 11.9. The number of carbonyl (C=O) groups excluding carboxylic acids is 1. The van der Waals surface area contributed by atoms with E-state index >= 15 is 0 Å². The van der Waals surface area contributed by atoms with Crippen molar-refractivity contribution in [2.75, 3.05) is 24.6 Å². The zero-order chi connectivity index (χ0) is 14.5. The molecule has 3 rings (SSSR count). The van der Waals surface area contributed by atoms with E-state index in [-0.39, 0.29) is 5.91 Å². The summed E-state index contributed by atoms with van der Waals surface area (Å²) >= 11 is 1.90. The Kier molecular flexibility index (Phi) is 4.72. The fraction of sp³-hybridized carbons (Fsp3) is 0.500. The van der Waals surface area contributed by atoms with Crippen LogP contribution in [0.3, 0.4) is 0 Å². The molecule has 2 aromatic rings. The van der Waals surface area contributed by atoms with Crippen molar-refractivity contribution in [2.24, 2.45) is 0 Å². The Bertz CT molecular complexity index is 608. The van der Waals surface area contributed by atoms with Gasteiger partial charge in [-0.2, -0.15) is 11.8 Å². The molecular weight excluding hydrogens is 286 g/mol. The molecule has 2 aromatic heterocycles. The molecule has 7 heteroatoms. The molecule has 3 heterocycles. The summed E-state index contributed by atoms with van der Waals surface area (Å²) in [6, 6.07) is 6.11. The average Bonchev–Trinajstić information content (AvgIpc) is 2.92. The lowest BCUT2D eigenvalue weighted by Gasteiger charge is -2.22. The smallest absolute Gasteiger partial charge is 0.221 e. The zero-order valence-corrected chi connectivity index (χ0v) is 12.6. The monoisotopic (exact) mass is 305 g/mol. The van der Waals surface area contributed by atoms with Gasteiger partial charge in [-0.05, 0) is 12.1 Å². The molecule has 0 saturated carbocycles. The number of hydrogen-bond acceptors (Lipinski definition) is 5. The van der Waals surface area contributed by atoms with Gasteiger partial charge in [0.15, 0.2) is 5.65 Å². The molecule has 21 heavy (non-hydrogen) atoms. The normalized spacial score (nSPS) is 18.8. The molecule has 112 valence electrons. The lowest BCUT2D eigenvalue weighted by molar-refractivity contribution is -0.121. The largest absolute Gasteiger partial charge is 0.356 e. The lowest BCUT2D eigenvalue weighted by atomic mass is 10.2. The van der Waals surface area contributed by atoms with Crippen LogP contribution in [0.15, 0.2) is 24.4 Å². The number of hydrogen-bond donors (Lipinski definition) is 2. The number of pyridine rings is 1. The summed E-state index contributed by atoms with van der Waals surface area (Å²) in [5.41, 5.74) is 0.835. The van der Waals surface area contributed by atoms with E-state index < -0.39 is 0 Å². The van der Waals surface area contributed by atoms with E-state index in [1.807, 2.05) is 40.6 Å². The van der Waals surface area contributed by atoms with E-state index in [0.29, 0.717) is 25.4 Å². The molecule has 2 N–H and O–H groups in total. The molecular formula is C14H19N5OS. The molecule has 1 fully saturated rings. The van der Waals surface area contributed by atoms with Gasteiger partial charge in [-0.25, -0.2) is 0 Å². The predicted molar refractivity (Wildman–Crippen MR) is 83.4 cm³/mol. The molecule has 0 spiro atoms. The van der Waals surface area contributed by atoms with Crippen molar-refractivity contribution < 1.29 is 4.79 Å². The first-order chi connectivity index (χ1) is 10.3. The summed E-state index contributed by atoms with van der Waals surface area (Å²) in [6.07, 6.45) is 3.17. The van der Waals surface area contributed by atoms with Gasteiger partial charge in [0.25, 0.3) is 0 Å². The van der Waals surface area contributed by atoms with Gasteiger partial charge in [0.2, 0.25) is 5.91 Å². The van der Waals surface area contributed by atoms with Crippen LogP contribution in [-0.2, 0) is 11.2 Å². The number of amides is 1. The highest BCUT2D eigenvalue weighted by Gasteiger charge is 2.16. The van der Waals surface area contributed by atoms with E-state index in [4.69, 9.17) is 0 Å². The number of thioether (sulfide) groups is 1. The number of rotatable bonds is 5. The van der Waals surface area contributed by atoms with Crippen molar-refractivity contribution in [1.82, 2.24) is 25.2 Å². The van der Waals surface area contributed by atoms with Crippen LogP contribution in [0, 0.1) is 0 Å². The van der Waals surface area contributed by atoms with Crippen LogP contribution >= 0.6 is 11.8 Å². The topological polar surface area (TPSA) is 71.3 Å². The molecule has 6 nitrogen and oxygen atoms in total. The van der Waals surface area contributed by atoms with Gasteiger partial charge in [-0.1, -0.05) is 6.07 Å². The van der Waals surface area contributed by atoms with Gasteiger partial charge < -0.3 is 10.6 Å². The van der Waals surface area contributed by atoms with Crippen LogP contribution in [0.2, 0.25) is 0 Å². The minimum Gasteiger partial charge on any atom is -0.356 e. The highest BCUT2D eigenvalue weighted by molar-refractivity contribution is 7.99. The summed E-state index contributed by atoms with van der Waals surface area (Å²) in [5, 5.41) is 14.6. The predicted octanol–water partition coefficient (Wildman–Crippen LogP) is 0.483. The van der Waals surface area contributed by atoms with Crippen LogP contribution in [0.25, 0.3) is 5.65 Å². The lowest BCUT2D eigenvalue weighted by Crippen LogP contribution is -2.41. The third-order valence-electron chi connectivity index (χ3n) is 3.49. The summed E-state index contributed by atoms with van der Waals surface area (Å²) in [7, 11) is 0.